The Labute approximate surface area is 146 Å². The average molecular weight is 369 g/mol. The van der Waals surface area contributed by atoms with Crippen molar-refractivity contribution in [2.24, 2.45) is 0 Å². The summed E-state index contributed by atoms with van der Waals surface area (Å²) in [7, 11) is -1.93. The molecule has 8 heteroatoms. The van der Waals surface area contributed by atoms with Crippen LogP contribution in [0, 0.1) is 0 Å². The van der Waals surface area contributed by atoms with Gasteiger partial charge in [0, 0.05) is 17.8 Å². The molecular formula is C16H17ClN2O4S. The normalized spacial score (nSPS) is 11.0. The quantitative estimate of drug-likeness (QED) is 0.850. The maximum atomic E-state index is 11.9. The fourth-order valence-corrected chi connectivity index (χ4v) is 2.55. The van der Waals surface area contributed by atoms with Crippen LogP contribution in [0.15, 0.2) is 48.5 Å². The lowest BCUT2D eigenvalue weighted by Crippen LogP contribution is -2.25. The summed E-state index contributed by atoms with van der Waals surface area (Å²) >= 11 is 5.84. The summed E-state index contributed by atoms with van der Waals surface area (Å²) < 4.78 is 29.6. The predicted octanol–water partition coefficient (Wildman–Crippen LogP) is 2.75. The van der Waals surface area contributed by atoms with E-state index in [-0.39, 0.29) is 12.5 Å². The highest BCUT2D eigenvalue weighted by Crippen LogP contribution is 2.20. The third-order valence-corrected chi connectivity index (χ3v) is 4.60. The predicted molar refractivity (Wildman–Crippen MR) is 95.3 cm³/mol. The van der Waals surface area contributed by atoms with Crippen molar-refractivity contribution < 1.29 is 17.9 Å². The number of halogens is 1. The molecule has 24 heavy (non-hydrogen) atoms. The SMILES string of the molecule is CN(c1cccc(NC(=O)COc2cccc(Cl)c2)c1)S(C)(=O)=O. The van der Waals surface area contributed by atoms with E-state index >= 15 is 0 Å². The molecule has 2 rings (SSSR count). The van der Waals surface area contributed by atoms with Gasteiger partial charge in [0.25, 0.3) is 5.91 Å². The molecule has 1 N–H and O–H groups in total. The number of nitrogens with one attached hydrogen (secondary N) is 1. The van der Waals surface area contributed by atoms with E-state index in [9.17, 15) is 13.2 Å². The summed E-state index contributed by atoms with van der Waals surface area (Å²) in [6.07, 6.45) is 1.11. The summed E-state index contributed by atoms with van der Waals surface area (Å²) in [4.78, 5) is 11.9. The van der Waals surface area contributed by atoms with Crippen LogP contribution in [0.4, 0.5) is 11.4 Å². The van der Waals surface area contributed by atoms with Gasteiger partial charge in [-0.3, -0.25) is 9.10 Å². The minimum atomic E-state index is -3.37. The number of benzene rings is 2. The lowest BCUT2D eigenvalue weighted by molar-refractivity contribution is -0.118. The van der Waals surface area contributed by atoms with Crippen LogP contribution < -0.4 is 14.4 Å². The molecule has 0 spiro atoms. The van der Waals surface area contributed by atoms with Crippen molar-refractivity contribution in [1.29, 1.82) is 0 Å². The lowest BCUT2D eigenvalue weighted by atomic mass is 10.3. The number of carbonyl (C=O) groups is 1. The van der Waals surface area contributed by atoms with Gasteiger partial charge in [-0.25, -0.2) is 8.42 Å². The number of nitrogens with zero attached hydrogens (tertiary/aromatic N) is 1. The van der Waals surface area contributed by atoms with Crippen molar-refractivity contribution in [2.45, 2.75) is 0 Å². The summed E-state index contributed by atoms with van der Waals surface area (Å²) in [5.41, 5.74) is 0.925. The number of amides is 1. The largest absolute Gasteiger partial charge is 0.484 e. The molecule has 0 saturated heterocycles. The minimum Gasteiger partial charge on any atom is -0.484 e. The first-order chi connectivity index (χ1) is 11.3. The number of hydrogen-bond acceptors (Lipinski definition) is 4. The van der Waals surface area contributed by atoms with Crippen LogP contribution in [-0.4, -0.2) is 34.2 Å². The molecule has 0 bridgehead atoms. The molecule has 0 aliphatic carbocycles. The van der Waals surface area contributed by atoms with Crippen LogP contribution in [0.3, 0.4) is 0 Å². The van der Waals surface area contributed by atoms with Crippen LogP contribution in [0.5, 0.6) is 5.75 Å². The Morgan fingerprint density at radius 1 is 1.21 bits per heavy atom. The smallest absolute Gasteiger partial charge is 0.262 e. The van der Waals surface area contributed by atoms with Gasteiger partial charge in [-0.05, 0) is 36.4 Å². The van der Waals surface area contributed by atoms with Gasteiger partial charge in [0.2, 0.25) is 10.0 Å². The number of anilines is 2. The molecule has 0 atom stereocenters. The second-order valence-electron chi connectivity index (χ2n) is 5.08. The van der Waals surface area contributed by atoms with Crippen LogP contribution in [0.25, 0.3) is 0 Å². The number of sulfonamides is 1. The molecule has 0 saturated carbocycles. The van der Waals surface area contributed by atoms with Crippen molar-refractivity contribution in [3.05, 3.63) is 53.6 Å². The lowest BCUT2D eigenvalue weighted by Gasteiger charge is -2.17. The molecule has 2 aromatic carbocycles. The fourth-order valence-electron chi connectivity index (χ4n) is 1.87. The number of hydrogen-bond donors (Lipinski definition) is 1. The van der Waals surface area contributed by atoms with E-state index in [1.165, 1.54) is 7.05 Å². The number of ether oxygens (including phenoxy) is 1. The topological polar surface area (TPSA) is 75.7 Å². The van der Waals surface area contributed by atoms with Gasteiger partial charge in [0.15, 0.2) is 6.61 Å². The zero-order valence-electron chi connectivity index (χ0n) is 13.2. The Bertz CT molecular complexity index is 839. The molecule has 0 aromatic heterocycles. The highest BCUT2D eigenvalue weighted by atomic mass is 35.5. The summed E-state index contributed by atoms with van der Waals surface area (Å²) in [6.45, 7) is -0.188. The minimum absolute atomic E-state index is 0.188. The van der Waals surface area contributed by atoms with Gasteiger partial charge in [-0.15, -0.1) is 0 Å². The molecular weight excluding hydrogens is 352 g/mol. The Hall–Kier alpha value is -2.25. The van der Waals surface area contributed by atoms with E-state index in [0.717, 1.165) is 10.6 Å². The summed E-state index contributed by atoms with van der Waals surface area (Å²) in [6, 6.07) is 13.3. The zero-order valence-corrected chi connectivity index (χ0v) is 14.8. The third kappa shape index (κ3) is 5.14. The molecule has 0 aliphatic rings. The Morgan fingerprint density at radius 2 is 1.92 bits per heavy atom. The van der Waals surface area contributed by atoms with E-state index in [1.807, 2.05) is 0 Å². The van der Waals surface area contributed by atoms with E-state index in [0.29, 0.717) is 22.1 Å². The monoisotopic (exact) mass is 368 g/mol. The van der Waals surface area contributed by atoms with Crippen LogP contribution >= 0.6 is 11.6 Å². The molecule has 0 aliphatic heterocycles. The Balaban J connectivity index is 1.99. The van der Waals surface area contributed by atoms with Gasteiger partial charge in [0.1, 0.15) is 5.75 Å². The average Bonchev–Trinajstić information content (AvgIpc) is 2.52. The maximum Gasteiger partial charge on any atom is 0.262 e. The van der Waals surface area contributed by atoms with Crippen molar-refractivity contribution >= 4 is 38.9 Å². The van der Waals surface area contributed by atoms with Crippen LogP contribution in [0.1, 0.15) is 0 Å². The first-order valence-electron chi connectivity index (χ1n) is 6.98. The van der Waals surface area contributed by atoms with Crippen LogP contribution in [0.2, 0.25) is 5.02 Å². The summed E-state index contributed by atoms with van der Waals surface area (Å²) in [5.74, 6) is 0.123. The van der Waals surface area contributed by atoms with Crippen LogP contribution in [-0.2, 0) is 14.8 Å². The van der Waals surface area contributed by atoms with Gasteiger partial charge >= 0.3 is 0 Å². The molecule has 6 nitrogen and oxygen atoms in total. The molecule has 0 heterocycles. The molecule has 128 valence electrons. The third-order valence-electron chi connectivity index (χ3n) is 3.16. The van der Waals surface area contributed by atoms with Gasteiger partial charge in [-0.2, -0.15) is 0 Å². The van der Waals surface area contributed by atoms with E-state index < -0.39 is 10.0 Å². The van der Waals surface area contributed by atoms with Crippen molar-refractivity contribution in [1.82, 2.24) is 0 Å². The highest BCUT2D eigenvalue weighted by molar-refractivity contribution is 7.92. The number of carbonyl (C=O) groups excluding carboxylic acids is 1. The zero-order chi connectivity index (χ0) is 17.7. The van der Waals surface area contributed by atoms with Gasteiger partial charge in [-0.1, -0.05) is 23.7 Å². The van der Waals surface area contributed by atoms with Crippen molar-refractivity contribution in [3.8, 4) is 5.75 Å². The highest BCUT2D eigenvalue weighted by Gasteiger charge is 2.12. The van der Waals surface area contributed by atoms with E-state index in [2.05, 4.69) is 5.32 Å². The number of rotatable bonds is 6. The van der Waals surface area contributed by atoms with Gasteiger partial charge < -0.3 is 10.1 Å². The molecule has 0 radical (unpaired) electrons. The molecule has 1 amide bonds. The maximum absolute atomic E-state index is 11.9. The molecule has 2 aromatic rings. The fraction of sp³-hybridized carbons (Fsp3) is 0.188. The summed E-state index contributed by atoms with van der Waals surface area (Å²) in [5, 5.41) is 3.17. The van der Waals surface area contributed by atoms with Gasteiger partial charge in [0.05, 0.1) is 11.9 Å². The first-order valence-corrected chi connectivity index (χ1v) is 9.20. The Morgan fingerprint density at radius 3 is 2.58 bits per heavy atom. The second-order valence-corrected chi connectivity index (χ2v) is 7.53. The second kappa shape index (κ2) is 7.55. The standard InChI is InChI=1S/C16H17ClN2O4S/c1-19(24(2,21)22)14-7-4-6-13(10-14)18-16(20)11-23-15-8-3-5-12(17)9-15/h3-10H,11H2,1-2H3,(H,18,20). The Kier molecular flexibility index (Phi) is 5.69. The van der Waals surface area contributed by atoms with E-state index in [4.69, 9.17) is 16.3 Å². The molecule has 0 unspecified atom stereocenters. The first kappa shape index (κ1) is 18.1. The van der Waals surface area contributed by atoms with Crippen molar-refractivity contribution in [3.63, 3.8) is 0 Å². The van der Waals surface area contributed by atoms with Crippen molar-refractivity contribution in [2.75, 3.05) is 29.5 Å². The van der Waals surface area contributed by atoms with E-state index in [1.54, 1.807) is 48.5 Å². The molecule has 0 fully saturated rings.